The predicted octanol–water partition coefficient (Wildman–Crippen LogP) is 1.73. The Hall–Kier alpha value is -2.80. The lowest BCUT2D eigenvalue weighted by Gasteiger charge is -2.33. The van der Waals surface area contributed by atoms with Gasteiger partial charge >= 0.3 is 5.97 Å². The summed E-state index contributed by atoms with van der Waals surface area (Å²) >= 11 is 0. The van der Waals surface area contributed by atoms with Crippen molar-refractivity contribution in [3.8, 4) is 11.5 Å². The largest absolute Gasteiger partial charge is 0.481 e. The van der Waals surface area contributed by atoms with Crippen molar-refractivity contribution in [2.75, 3.05) is 6.79 Å². The molecule has 4 aliphatic rings. The highest BCUT2D eigenvalue weighted by Gasteiger charge is 2.71. The molecule has 5 atom stereocenters. The highest BCUT2D eigenvalue weighted by Crippen LogP contribution is 2.56. The first-order chi connectivity index (χ1) is 12.9. The molecular weight excluding hydrogens is 350 g/mol. The van der Waals surface area contributed by atoms with E-state index in [1.54, 1.807) is 11.0 Å². The lowest BCUT2D eigenvalue weighted by molar-refractivity contribution is -0.148. The molecule has 5 rings (SSSR count). The topological polar surface area (TPSA) is 85.3 Å². The second-order valence-electron chi connectivity index (χ2n) is 7.54. The number of hydrogen-bond donors (Lipinski definition) is 1. The number of carbonyl (C=O) groups excluding carboxylic acids is 1. The molecule has 0 saturated carbocycles. The Labute approximate surface area is 155 Å². The van der Waals surface area contributed by atoms with Crippen LogP contribution in [-0.4, -0.2) is 46.4 Å². The zero-order valence-electron chi connectivity index (χ0n) is 14.8. The number of hydrogen-bond acceptors (Lipinski definition) is 5. The summed E-state index contributed by atoms with van der Waals surface area (Å²) in [6, 6.07) is 5.13. The van der Waals surface area contributed by atoms with Crippen molar-refractivity contribution in [2.45, 2.75) is 31.2 Å². The number of carbonyl (C=O) groups is 2. The van der Waals surface area contributed by atoms with Crippen LogP contribution in [0.15, 0.2) is 42.5 Å². The zero-order valence-corrected chi connectivity index (χ0v) is 14.8. The first-order valence-corrected chi connectivity index (χ1v) is 8.87. The summed E-state index contributed by atoms with van der Waals surface area (Å²) in [5, 5.41) is 9.67. The molecule has 1 spiro atoms. The summed E-state index contributed by atoms with van der Waals surface area (Å²) in [6.45, 7) is 6.41. The van der Waals surface area contributed by atoms with Gasteiger partial charge in [0.05, 0.1) is 18.1 Å². The summed E-state index contributed by atoms with van der Waals surface area (Å²) in [7, 11) is 0. The van der Waals surface area contributed by atoms with Gasteiger partial charge in [0, 0.05) is 6.54 Å². The van der Waals surface area contributed by atoms with Crippen molar-refractivity contribution in [3.63, 3.8) is 0 Å². The molecule has 1 amide bonds. The standard InChI is InChI=1S/C20H19NO6/c1-10(2)17-20-6-5-13(27-20)15(19(23)24)16(20)18(22)21(17)8-11-3-4-12-14(7-11)26-9-25-12/h3-7,13,15-17H,1,8-9H2,2H3,(H,23,24)/t13-,15+,16+,17-,20-/m1/s1. The minimum Gasteiger partial charge on any atom is -0.481 e. The monoisotopic (exact) mass is 369 g/mol. The zero-order chi connectivity index (χ0) is 18.9. The van der Waals surface area contributed by atoms with Gasteiger partial charge in [-0.05, 0) is 24.6 Å². The van der Waals surface area contributed by atoms with E-state index in [0.717, 1.165) is 11.1 Å². The summed E-state index contributed by atoms with van der Waals surface area (Å²) in [4.78, 5) is 26.8. The van der Waals surface area contributed by atoms with Crippen LogP contribution in [0.5, 0.6) is 11.5 Å². The Kier molecular flexibility index (Phi) is 3.25. The van der Waals surface area contributed by atoms with Crippen LogP contribution in [0.1, 0.15) is 12.5 Å². The first-order valence-electron chi connectivity index (χ1n) is 8.87. The predicted molar refractivity (Wildman–Crippen MR) is 93.1 cm³/mol. The molecule has 0 aromatic heterocycles. The van der Waals surface area contributed by atoms with Crippen molar-refractivity contribution in [2.24, 2.45) is 11.8 Å². The Morgan fingerprint density at radius 2 is 2.15 bits per heavy atom. The molecule has 2 fully saturated rings. The molecule has 2 saturated heterocycles. The van der Waals surface area contributed by atoms with E-state index in [0.29, 0.717) is 18.0 Å². The van der Waals surface area contributed by atoms with Crippen molar-refractivity contribution < 1.29 is 28.9 Å². The van der Waals surface area contributed by atoms with E-state index in [1.165, 1.54) is 0 Å². The number of fused-ring (bicyclic) bond motifs is 2. The molecule has 7 heteroatoms. The Balaban J connectivity index is 1.53. The van der Waals surface area contributed by atoms with E-state index in [9.17, 15) is 14.7 Å². The average molecular weight is 369 g/mol. The summed E-state index contributed by atoms with van der Waals surface area (Å²) < 4.78 is 16.8. The van der Waals surface area contributed by atoms with Gasteiger partial charge in [0.25, 0.3) is 0 Å². The minimum absolute atomic E-state index is 0.182. The maximum atomic E-state index is 13.3. The van der Waals surface area contributed by atoms with Crippen molar-refractivity contribution >= 4 is 11.9 Å². The van der Waals surface area contributed by atoms with Gasteiger partial charge in [0.15, 0.2) is 11.5 Å². The Bertz CT molecular complexity index is 908. The van der Waals surface area contributed by atoms with Crippen LogP contribution in [0.3, 0.4) is 0 Å². The van der Waals surface area contributed by atoms with Crippen LogP contribution in [0.4, 0.5) is 0 Å². The third kappa shape index (κ3) is 2.06. The fraction of sp³-hybridized carbons (Fsp3) is 0.400. The van der Waals surface area contributed by atoms with Crippen LogP contribution < -0.4 is 9.47 Å². The first kappa shape index (κ1) is 16.4. The molecule has 1 aromatic carbocycles. The normalized spacial score (nSPS) is 35.0. The summed E-state index contributed by atoms with van der Waals surface area (Å²) in [6.07, 6.45) is 3.06. The van der Waals surface area contributed by atoms with Gasteiger partial charge in [-0.15, -0.1) is 0 Å². The van der Waals surface area contributed by atoms with Crippen LogP contribution in [-0.2, 0) is 20.9 Å². The fourth-order valence-corrected chi connectivity index (χ4v) is 4.96. The molecule has 1 N–H and O–H groups in total. The average Bonchev–Trinajstić information content (AvgIpc) is 3.35. The molecule has 0 aliphatic carbocycles. The number of benzene rings is 1. The Morgan fingerprint density at radius 1 is 1.37 bits per heavy atom. The third-order valence-corrected chi connectivity index (χ3v) is 5.92. The van der Waals surface area contributed by atoms with Gasteiger partial charge in [0.2, 0.25) is 12.7 Å². The number of likely N-dealkylation sites (tertiary alicyclic amines) is 1. The van der Waals surface area contributed by atoms with E-state index < -0.39 is 35.6 Å². The van der Waals surface area contributed by atoms with Crippen LogP contribution >= 0.6 is 0 Å². The highest BCUT2D eigenvalue weighted by molar-refractivity contribution is 5.92. The van der Waals surface area contributed by atoms with E-state index in [2.05, 4.69) is 6.58 Å². The van der Waals surface area contributed by atoms with Crippen LogP contribution in [0, 0.1) is 11.8 Å². The second-order valence-corrected chi connectivity index (χ2v) is 7.54. The number of carboxylic acids is 1. The van der Waals surface area contributed by atoms with Crippen molar-refractivity contribution in [3.05, 3.63) is 48.1 Å². The van der Waals surface area contributed by atoms with Crippen molar-refractivity contribution in [1.82, 2.24) is 4.90 Å². The molecule has 4 aliphatic heterocycles. The van der Waals surface area contributed by atoms with Crippen LogP contribution in [0.25, 0.3) is 0 Å². The highest BCUT2D eigenvalue weighted by atomic mass is 16.7. The smallest absolute Gasteiger partial charge is 0.310 e. The second kappa shape index (κ2) is 5.36. The minimum atomic E-state index is -1.00. The molecule has 1 aromatic rings. The Morgan fingerprint density at radius 3 is 2.89 bits per heavy atom. The van der Waals surface area contributed by atoms with Gasteiger partial charge < -0.3 is 24.2 Å². The number of carboxylic acid groups (broad SMARTS) is 1. The number of amides is 1. The van der Waals surface area contributed by atoms with E-state index in [-0.39, 0.29) is 12.7 Å². The molecule has 0 radical (unpaired) electrons. The number of ether oxygens (including phenoxy) is 3. The van der Waals surface area contributed by atoms with Gasteiger partial charge in [-0.1, -0.05) is 30.4 Å². The van der Waals surface area contributed by atoms with E-state index in [1.807, 2.05) is 31.2 Å². The molecule has 2 bridgehead atoms. The molecule has 7 nitrogen and oxygen atoms in total. The molecule has 4 heterocycles. The molecular formula is C20H19NO6. The maximum Gasteiger partial charge on any atom is 0.310 e. The lowest BCUT2D eigenvalue weighted by atomic mass is 9.74. The van der Waals surface area contributed by atoms with Gasteiger partial charge in [0.1, 0.15) is 11.5 Å². The number of nitrogens with zero attached hydrogens (tertiary/aromatic N) is 1. The lowest BCUT2D eigenvalue weighted by Crippen LogP contribution is -2.45. The summed E-state index contributed by atoms with van der Waals surface area (Å²) in [5.41, 5.74) is 0.691. The quantitative estimate of drug-likeness (QED) is 0.814. The van der Waals surface area contributed by atoms with Crippen LogP contribution in [0.2, 0.25) is 0 Å². The molecule has 140 valence electrons. The SMILES string of the molecule is C=C(C)[C@H]1N(Cc2ccc3c(c2)OCO3)C(=O)[C@@H]2[C@@H](C(=O)O)[C@H]3C=C[C@@]21O3. The van der Waals surface area contributed by atoms with Gasteiger partial charge in [-0.25, -0.2) is 0 Å². The van der Waals surface area contributed by atoms with Gasteiger partial charge in [-0.3, -0.25) is 9.59 Å². The maximum absolute atomic E-state index is 13.3. The number of rotatable bonds is 4. The van der Waals surface area contributed by atoms with Crippen molar-refractivity contribution in [1.29, 1.82) is 0 Å². The third-order valence-electron chi connectivity index (χ3n) is 5.92. The number of aliphatic carboxylic acids is 1. The fourth-order valence-electron chi connectivity index (χ4n) is 4.96. The van der Waals surface area contributed by atoms with E-state index in [4.69, 9.17) is 14.2 Å². The molecule has 27 heavy (non-hydrogen) atoms. The van der Waals surface area contributed by atoms with E-state index >= 15 is 0 Å². The summed E-state index contributed by atoms with van der Waals surface area (Å²) in [5.74, 6) is -1.50. The van der Waals surface area contributed by atoms with Gasteiger partial charge in [-0.2, -0.15) is 0 Å². The molecule has 0 unspecified atom stereocenters.